The zero-order chi connectivity index (χ0) is 21.3. The lowest BCUT2D eigenvalue weighted by molar-refractivity contribution is 0.0590. The molecule has 3 heterocycles. The van der Waals surface area contributed by atoms with Crippen LogP contribution in [-0.2, 0) is 4.74 Å². The molecule has 1 N–H and O–H groups in total. The number of fused-ring (bicyclic) bond motifs is 1. The number of benzene rings is 1. The minimum Gasteiger partial charge on any atom is -0.378 e. The second kappa shape index (κ2) is 8.65. The summed E-state index contributed by atoms with van der Waals surface area (Å²) in [5.74, 6) is 2.34. The highest BCUT2D eigenvalue weighted by molar-refractivity contribution is 5.82. The quantitative estimate of drug-likeness (QED) is 0.663. The first-order chi connectivity index (χ1) is 14.4. The van der Waals surface area contributed by atoms with Gasteiger partial charge < -0.3 is 19.5 Å². The van der Waals surface area contributed by atoms with Gasteiger partial charge in [0, 0.05) is 26.2 Å². The van der Waals surface area contributed by atoms with Crippen molar-refractivity contribution in [3.63, 3.8) is 0 Å². The van der Waals surface area contributed by atoms with Crippen LogP contribution in [0.4, 0.5) is 5.82 Å². The Morgan fingerprint density at radius 2 is 2.03 bits per heavy atom. The Balaban J connectivity index is 1.69. The molecule has 0 saturated carbocycles. The summed E-state index contributed by atoms with van der Waals surface area (Å²) in [6.07, 6.45) is 1.02. The molecule has 4 rings (SSSR count). The zero-order valence-corrected chi connectivity index (χ0v) is 18.3. The number of hydrogen-bond acceptors (Lipinski definition) is 8. The number of rotatable bonds is 6. The number of anilines is 1. The van der Waals surface area contributed by atoms with Crippen molar-refractivity contribution in [3.8, 4) is 11.6 Å². The third kappa shape index (κ3) is 4.29. The van der Waals surface area contributed by atoms with E-state index in [1.165, 1.54) is 0 Å². The Bertz CT molecular complexity index is 1020. The van der Waals surface area contributed by atoms with Gasteiger partial charge in [-0.1, -0.05) is 25.1 Å². The van der Waals surface area contributed by atoms with Gasteiger partial charge >= 0.3 is 0 Å². The lowest BCUT2D eigenvalue weighted by Crippen LogP contribution is -2.54. The van der Waals surface area contributed by atoms with Crippen molar-refractivity contribution in [2.24, 2.45) is 5.92 Å². The standard InChI is InChI=1S/C22H30N6O2/c1-13(2)11-23-17-8-9-28(12-19(17)29-5)21-20(22-24-15(4)27-30-22)25-18-10-14(3)6-7-16(18)26-21/h6-7,10,13,17,19,23H,8-9,11-12H2,1-5H3. The van der Waals surface area contributed by atoms with E-state index in [1.807, 2.05) is 19.1 Å². The van der Waals surface area contributed by atoms with Crippen molar-refractivity contribution in [2.75, 3.05) is 31.6 Å². The predicted molar refractivity (Wildman–Crippen MR) is 117 cm³/mol. The average Bonchev–Trinajstić information content (AvgIpc) is 3.17. The molecule has 2 aromatic heterocycles. The fourth-order valence-corrected chi connectivity index (χ4v) is 3.88. The van der Waals surface area contributed by atoms with E-state index in [0.717, 1.165) is 48.5 Å². The normalized spacial score (nSPS) is 19.7. The van der Waals surface area contributed by atoms with E-state index in [1.54, 1.807) is 14.0 Å². The van der Waals surface area contributed by atoms with Crippen molar-refractivity contribution < 1.29 is 9.26 Å². The van der Waals surface area contributed by atoms with E-state index in [0.29, 0.717) is 29.4 Å². The number of piperidine rings is 1. The van der Waals surface area contributed by atoms with Gasteiger partial charge in [-0.3, -0.25) is 0 Å². The number of hydrogen-bond donors (Lipinski definition) is 1. The number of nitrogens with one attached hydrogen (secondary N) is 1. The number of nitrogens with zero attached hydrogens (tertiary/aromatic N) is 5. The summed E-state index contributed by atoms with van der Waals surface area (Å²) in [4.78, 5) is 16.5. The van der Waals surface area contributed by atoms with Gasteiger partial charge in [-0.15, -0.1) is 0 Å². The van der Waals surface area contributed by atoms with Gasteiger partial charge in [-0.25, -0.2) is 9.97 Å². The second-order valence-corrected chi connectivity index (χ2v) is 8.45. The van der Waals surface area contributed by atoms with Crippen molar-refractivity contribution in [1.29, 1.82) is 0 Å². The van der Waals surface area contributed by atoms with Crippen molar-refractivity contribution >= 4 is 16.9 Å². The molecule has 0 bridgehead atoms. The molecule has 2 unspecified atom stereocenters. The van der Waals surface area contributed by atoms with Gasteiger partial charge in [0.15, 0.2) is 17.3 Å². The highest BCUT2D eigenvalue weighted by Crippen LogP contribution is 2.31. The van der Waals surface area contributed by atoms with E-state index in [-0.39, 0.29) is 6.10 Å². The van der Waals surface area contributed by atoms with Gasteiger partial charge in [-0.05, 0) is 50.4 Å². The first kappa shape index (κ1) is 20.7. The number of ether oxygens (including phenoxy) is 1. The molecular weight excluding hydrogens is 380 g/mol. The van der Waals surface area contributed by atoms with E-state index >= 15 is 0 Å². The fourth-order valence-electron chi connectivity index (χ4n) is 3.88. The van der Waals surface area contributed by atoms with Crippen LogP contribution in [0.5, 0.6) is 0 Å². The maximum atomic E-state index is 5.84. The SMILES string of the molecule is COC1CN(c2nc3ccc(C)cc3nc2-c2nc(C)no2)CCC1NCC(C)C. The van der Waals surface area contributed by atoms with E-state index in [2.05, 4.69) is 40.3 Å². The summed E-state index contributed by atoms with van der Waals surface area (Å²) in [5, 5.41) is 7.60. The summed E-state index contributed by atoms with van der Waals surface area (Å²) in [6.45, 7) is 10.8. The molecule has 30 heavy (non-hydrogen) atoms. The number of aryl methyl sites for hydroxylation is 2. The molecule has 2 atom stereocenters. The van der Waals surface area contributed by atoms with E-state index in [9.17, 15) is 0 Å². The summed E-state index contributed by atoms with van der Waals surface area (Å²) in [6, 6.07) is 6.41. The smallest absolute Gasteiger partial charge is 0.280 e. The number of methoxy groups -OCH3 is 1. The summed E-state index contributed by atoms with van der Waals surface area (Å²) in [5.41, 5.74) is 3.43. The minimum absolute atomic E-state index is 0.0605. The summed E-state index contributed by atoms with van der Waals surface area (Å²) < 4.78 is 11.3. The third-order valence-electron chi connectivity index (χ3n) is 5.48. The van der Waals surface area contributed by atoms with Gasteiger partial charge in [0.2, 0.25) is 0 Å². The Morgan fingerprint density at radius 1 is 1.20 bits per heavy atom. The molecular formula is C22H30N6O2. The molecule has 160 valence electrons. The third-order valence-corrected chi connectivity index (χ3v) is 5.48. The Kier molecular flexibility index (Phi) is 5.97. The lowest BCUT2D eigenvalue weighted by Gasteiger charge is -2.39. The van der Waals surface area contributed by atoms with Crippen LogP contribution in [0.1, 0.15) is 31.7 Å². The molecule has 8 heteroatoms. The molecule has 0 spiro atoms. The predicted octanol–water partition coefficient (Wildman–Crippen LogP) is 3.14. The van der Waals surface area contributed by atoms with Crippen molar-refractivity contribution in [3.05, 3.63) is 29.6 Å². The Morgan fingerprint density at radius 3 is 2.73 bits per heavy atom. The van der Waals surface area contributed by atoms with E-state index < -0.39 is 0 Å². The lowest BCUT2D eigenvalue weighted by atomic mass is 10.0. The van der Waals surface area contributed by atoms with Crippen LogP contribution in [0.3, 0.4) is 0 Å². The highest BCUT2D eigenvalue weighted by atomic mass is 16.5. The van der Waals surface area contributed by atoms with Gasteiger partial charge in [0.25, 0.3) is 5.89 Å². The molecule has 0 aliphatic carbocycles. The maximum Gasteiger partial charge on any atom is 0.280 e. The maximum absolute atomic E-state index is 5.84. The molecule has 1 fully saturated rings. The molecule has 0 amide bonds. The summed E-state index contributed by atoms with van der Waals surface area (Å²) >= 11 is 0. The van der Waals surface area contributed by atoms with Crippen LogP contribution in [0.2, 0.25) is 0 Å². The molecule has 1 aliphatic heterocycles. The minimum atomic E-state index is 0.0605. The molecule has 8 nitrogen and oxygen atoms in total. The van der Waals surface area contributed by atoms with E-state index in [4.69, 9.17) is 19.2 Å². The van der Waals surface area contributed by atoms with Crippen LogP contribution >= 0.6 is 0 Å². The second-order valence-electron chi connectivity index (χ2n) is 8.45. The largest absolute Gasteiger partial charge is 0.378 e. The summed E-state index contributed by atoms with van der Waals surface area (Å²) in [7, 11) is 1.77. The van der Waals surface area contributed by atoms with Crippen LogP contribution in [0.15, 0.2) is 22.7 Å². The van der Waals surface area contributed by atoms with Gasteiger partial charge in [0.05, 0.1) is 17.1 Å². The topological polar surface area (TPSA) is 89.2 Å². The first-order valence-corrected chi connectivity index (χ1v) is 10.5. The average molecular weight is 411 g/mol. The molecule has 3 aromatic rings. The fraction of sp³-hybridized carbons (Fsp3) is 0.545. The Labute approximate surface area is 177 Å². The van der Waals surface area contributed by atoms with Crippen LogP contribution in [0, 0.1) is 19.8 Å². The monoisotopic (exact) mass is 410 g/mol. The van der Waals surface area contributed by atoms with Crippen molar-refractivity contribution in [2.45, 2.75) is 46.3 Å². The first-order valence-electron chi connectivity index (χ1n) is 10.5. The highest BCUT2D eigenvalue weighted by Gasteiger charge is 2.32. The van der Waals surface area contributed by atoms with Gasteiger partial charge in [-0.2, -0.15) is 4.98 Å². The molecule has 0 radical (unpaired) electrons. The van der Waals surface area contributed by atoms with Gasteiger partial charge in [0.1, 0.15) is 0 Å². The van der Waals surface area contributed by atoms with Crippen LogP contribution < -0.4 is 10.2 Å². The molecule has 1 aliphatic rings. The zero-order valence-electron chi connectivity index (χ0n) is 18.3. The molecule has 1 saturated heterocycles. The molecule has 1 aromatic carbocycles. The number of aromatic nitrogens is 4. The van der Waals surface area contributed by atoms with Crippen LogP contribution in [0.25, 0.3) is 22.6 Å². The van der Waals surface area contributed by atoms with Crippen molar-refractivity contribution in [1.82, 2.24) is 25.4 Å². The van der Waals surface area contributed by atoms with Crippen LogP contribution in [-0.4, -0.2) is 59.0 Å². The Hall–Kier alpha value is -2.58.